The monoisotopic (exact) mass is 632 g/mol. The van der Waals surface area contributed by atoms with Gasteiger partial charge in [0.15, 0.2) is 0 Å². The molecule has 47 heavy (non-hydrogen) atoms. The minimum Gasteiger partial charge on any atom is -0.487 e. The van der Waals surface area contributed by atoms with Gasteiger partial charge in [0.05, 0.1) is 17.1 Å². The van der Waals surface area contributed by atoms with Crippen LogP contribution in [0.1, 0.15) is 74.2 Å². The predicted octanol–water partition coefficient (Wildman–Crippen LogP) is 6.42. The van der Waals surface area contributed by atoms with E-state index < -0.39 is 12.0 Å². The Kier molecular flexibility index (Phi) is 10.5. The number of carbonyl (C=O) groups is 3. The molecule has 4 aromatic rings. The fraction of sp³-hybridized carbons (Fsp3) is 0.385. The Morgan fingerprint density at radius 3 is 2.13 bits per heavy atom. The van der Waals surface area contributed by atoms with Gasteiger partial charge in [0.1, 0.15) is 18.4 Å². The van der Waals surface area contributed by atoms with Gasteiger partial charge < -0.3 is 19.9 Å². The number of rotatable bonds is 9. The van der Waals surface area contributed by atoms with Crippen LogP contribution in [0.4, 0.5) is 0 Å². The molecule has 3 amide bonds. The molecule has 0 spiro atoms. The van der Waals surface area contributed by atoms with E-state index in [1.807, 2.05) is 84.9 Å². The van der Waals surface area contributed by atoms with Crippen LogP contribution in [0.15, 0.2) is 91.0 Å². The molecule has 8 heteroatoms. The van der Waals surface area contributed by atoms with E-state index in [-0.39, 0.29) is 23.6 Å². The van der Waals surface area contributed by atoms with Crippen LogP contribution in [-0.2, 0) is 21.0 Å². The molecule has 1 aliphatic carbocycles. The first-order valence-corrected chi connectivity index (χ1v) is 16.9. The second-order valence-corrected chi connectivity index (χ2v) is 12.8. The molecule has 0 bridgehead atoms. The van der Waals surface area contributed by atoms with E-state index in [1.54, 1.807) is 16.7 Å². The highest BCUT2D eigenvalue weighted by atomic mass is 16.5. The zero-order valence-corrected chi connectivity index (χ0v) is 27.1. The quantitative estimate of drug-likeness (QED) is 0.215. The first kappa shape index (κ1) is 32.2. The highest BCUT2D eigenvalue weighted by Crippen LogP contribution is 2.37. The highest BCUT2D eigenvalue weighted by Gasteiger charge is 2.35. The molecule has 1 aliphatic heterocycles. The van der Waals surface area contributed by atoms with Gasteiger partial charge >= 0.3 is 0 Å². The summed E-state index contributed by atoms with van der Waals surface area (Å²) < 4.78 is 6.11. The van der Waals surface area contributed by atoms with Crippen molar-refractivity contribution in [1.29, 1.82) is 0 Å². The van der Waals surface area contributed by atoms with Gasteiger partial charge in [-0.3, -0.25) is 14.4 Å². The first-order chi connectivity index (χ1) is 23.0. The van der Waals surface area contributed by atoms with Gasteiger partial charge in [0.2, 0.25) is 17.7 Å². The molecule has 2 fully saturated rings. The van der Waals surface area contributed by atoms with Crippen molar-refractivity contribution >= 4 is 28.6 Å². The molecule has 1 saturated heterocycles. The second kappa shape index (κ2) is 15.2. The van der Waals surface area contributed by atoms with Crippen molar-refractivity contribution in [3.63, 3.8) is 0 Å². The zero-order valence-electron chi connectivity index (χ0n) is 27.1. The van der Waals surface area contributed by atoms with Gasteiger partial charge in [-0.15, -0.1) is 0 Å². The molecule has 1 saturated carbocycles. The lowest BCUT2D eigenvalue weighted by Crippen LogP contribution is -2.53. The Hall–Kier alpha value is -4.72. The maximum Gasteiger partial charge on any atom is 0.249 e. The van der Waals surface area contributed by atoms with E-state index in [0.717, 1.165) is 53.4 Å². The summed E-state index contributed by atoms with van der Waals surface area (Å²) in [4.78, 5) is 48.5. The van der Waals surface area contributed by atoms with Crippen molar-refractivity contribution < 1.29 is 19.1 Å². The Morgan fingerprint density at radius 1 is 0.766 bits per heavy atom. The van der Waals surface area contributed by atoms with Gasteiger partial charge in [0, 0.05) is 38.5 Å². The van der Waals surface area contributed by atoms with Crippen LogP contribution >= 0.6 is 0 Å². The number of hydrogen-bond donors (Lipinski definition) is 1. The Balaban J connectivity index is 1.20. The van der Waals surface area contributed by atoms with Crippen LogP contribution in [0.5, 0.6) is 5.75 Å². The summed E-state index contributed by atoms with van der Waals surface area (Å²) in [6.45, 7) is 3.77. The van der Waals surface area contributed by atoms with Gasteiger partial charge in [0.25, 0.3) is 0 Å². The van der Waals surface area contributed by atoms with E-state index in [9.17, 15) is 14.4 Å². The maximum atomic E-state index is 14.4. The number of nitrogens with one attached hydrogen (secondary N) is 1. The number of amides is 3. The van der Waals surface area contributed by atoms with Crippen LogP contribution in [0.3, 0.4) is 0 Å². The predicted molar refractivity (Wildman–Crippen MR) is 183 cm³/mol. The summed E-state index contributed by atoms with van der Waals surface area (Å²) in [5.41, 5.74) is 3.47. The van der Waals surface area contributed by atoms with E-state index in [1.165, 1.54) is 12.8 Å². The van der Waals surface area contributed by atoms with Crippen LogP contribution in [0.2, 0.25) is 0 Å². The van der Waals surface area contributed by atoms with Crippen LogP contribution in [0, 0.1) is 5.92 Å². The topological polar surface area (TPSA) is 91.8 Å². The fourth-order valence-electron chi connectivity index (χ4n) is 6.99. The van der Waals surface area contributed by atoms with Gasteiger partial charge in [-0.1, -0.05) is 92.4 Å². The number of carbonyl (C=O) groups excluding carboxylic acids is 3. The summed E-state index contributed by atoms with van der Waals surface area (Å²) in [7, 11) is 0. The van der Waals surface area contributed by atoms with Gasteiger partial charge in [-0.2, -0.15) is 0 Å². The molecular formula is C39H44N4O4. The average molecular weight is 633 g/mol. The number of pyridine rings is 1. The summed E-state index contributed by atoms with van der Waals surface area (Å²) in [5.74, 6) is 0.243. The number of aromatic nitrogens is 1. The molecule has 2 unspecified atom stereocenters. The molecule has 3 aromatic carbocycles. The molecular weight excluding hydrogens is 588 g/mol. The summed E-state index contributed by atoms with van der Waals surface area (Å²) in [6.07, 6.45) is 6.49. The van der Waals surface area contributed by atoms with Crippen molar-refractivity contribution in [1.82, 2.24) is 20.1 Å². The largest absolute Gasteiger partial charge is 0.487 e. The molecule has 2 atom stereocenters. The average Bonchev–Trinajstić information content (AvgIpc) is 3.40. The number of hydrogen-bond acceptors (Lipinski definition) is 5. The zero-order chi connectivity index (χ0) is 32.6. The van der Waals surface area contributed by atoms with Crippen LogP contribution < -0.4 is 10.1 Å². The Morgan fingerprint density at radius 2 is 1.43 bits per heavy atom. The molecule has 1 aromatic heterocycles. The lowest BCUT2D eigenvalue weighted by Gasteiger charge is -2.36. The molecule has 1 N–H and O–H groups in total. The molecule has 2 heterocycles. The number of nitrogens with zero attached hydrogens (tertiary/aromatic N) is 3. The maximum absolute atomic E-state index is 14.4. The van der Waals surface area contributed by atoms with E-state index in [4.69, 9.17) is 9.72 Å². The number of piperazine rings is 1. The summed E-state index contributed by atoms with van der Waals surface area (Å²) in [6, 6.07) is 28.6. The van der Waals surface area contributed by atoms with Crippen molar-refractivity contribution in [3.8, 4) is 5.75 Å². The fourth-order valence-corrected chi connectivity index (χ4v) is 6.99. The Labute approximate surface area is 277 Å². The number of para-hydroxylation sites is 1. The smallest absolute Gasteiger partial charge is 0.249 e. The number of benzene rings is 3. The molecule has 2 aliphatic rings. The lowest BCUT2D eigenvalue weighted by molar-refractivity contribution is -0.141. The SMILES string of the molecule is CC(=O)N1CCN(C(=O)C(NC(=O)C(c2ccc(OCc3ccc4ccccc4n3)cc2)C2CCCCCC2)c2ccccc2)CC1. The standard InChI is InChI=1S/C39H44N4O4/c1-28(44)42-23-25-43(26-24-42)39(46)37(32-14-7-4-8-15-32)41-38(45)36(30-12-5-2-3-6-13-30)31-18-21-34(22-19-31)47-27-33-20-17-29-11-9-10-16-35(29)40-33/h4,7-11,14-22,30,36-37H,2-3,5-6,12-13,23-27H2,1H3,(H,41,45). The van der Waals surface area contributed by atoms with Crippen LogP contribution in [-0.4, -0.2) is 58.7 Å². The Bertz CT molecular complexity index is 1660. The third-order valence-corrected chi connectivity index (χ3v) is 9.64. The van der Waals surface area contributed by atoms with Crippen molar-refractivity contribution in [3.05, 3.63) is 108 Å². The molecule has 244 valence electrons. The second-order valence-electron chi connectivity index (χ2n) is 12.8. The highest BCUT2D eigenvalue weighted by molar-refractivity contribution is 5.91. The van der Waals surface area contributed by atoms with Gasteiger partial charge in [-0.25, -0.2) is 4.98 Å². The van der Waals surface area contributed by atoms with E-state index >= 15 is 0 Å². The third kappa shape index (κ3) is 7.99. The van der Waals surface area contributed by atoms with E-state index in [0.29, 0.717) is 38.5 Å². The number of ether oxygens (including phenoxy) is 1. The first-order valence-electron chi connectivity index (χ1n) is 16.9. The minimum absolute atomic E-state index is 0.0121. The third-order valence-electron chi connectivity index (χ3n) is 9.64. The minimum atomic E-state index is -0.807. The summed E-state index contributed by atoms with van der Waals surface area (Å²) >= 11 is 0. The normalized spacial score (nSPS) is 17.0. The van der Waals surface area contributed by atoms with Crippen molar-refractivity contribution in [2.24, 2.45) is 5.92 Å². The van der Waals surface area contributed by atoms with Gasteiger partial charge in [-0.05, 0) is 54.2 Å². The van der Waals surface area contributed by atoms with Crippen molar-refractivity contribution in [2.75, 3.05) is 26.2 Å². The van der Waals surface area contributed by atoms with E-state index in [2.05, 4.69) is 11.4 Å². The van der Waals surface area contributed by atoms with Crippen molar-refractivity contribution in [2.45, 2.75) is 64.0 Å². The summed E-state index contributed by atoms with van der Waals surface area (Å²) in [5, 5.41) is 4.30. The molecule has 6 rings (SSSR count). The lowest BCUT2D eigenvalue weighted by atomic mass is 9.80. The number of fused-ring (bicyclic) bond motifs is 1. The molecule has 8 nitrogen and oxygen atoms in total. The molecule has 0 radical (unpaired) electrons. The van der Waals surface area contributed by atoms with Crippen LogP contribution in [0.25, 0.3) is 10.9 Å².